The summed E-state index contributed by atoms with van der Waals surface area (Å²) in [6.07, 6.45) is 0.838. The molecule has 1 aromatic carbocycles. The van der Waals surface area contributed by atoms with Crippen molar-refractivity contribution < 1.29 is 4.79 Å². The third-order valence-corrected chi connectivity index (χ3v) is 3.51. The largest absolute Gasteiger partial charge is 0.319 e. The highest BCUT2D eigenvalue weighted by Gasteiger charge is 2.37. The molecule has 0 aromatic heterocycles. The molecule has 0 saturated heterocycles. The van der Waals surface area contributed by atoms with Crippen LogP contribution >= 0.6 is 11.6 Å². The Bertz CT molecular complexity index is 519. The van der Waals surface area contributed by atoms with Crippen LogP contribution in [0, 0.1) is 18.3 Å². The van der Waals surface area contributed by atoms with Gasteiger partial charge in [0.25, 0.3) is 5.91 Å². The predicted octanol–water partition coefficient (Wildman–Crippen LogP) is 3.08. The number of benzene rings is 1. The number of nitriles is 1. The predicted molar refractivity (Wildman–Crippen MR) is 65.9 cm³/mol. The fraction of sp³-hybridized carbons (Fsp3) is 0.385. The van der Waals surface area contributed by atoms with E-state index in [1.54, 1.807) is 17.0 Å². The summed E-state index contributed by atoms with van der Waals surface area (Å²) >= 11 is 6.02. The highest BCUT2D eigenvalue weighted by molar-refractivity contribution is 6.32. The third kappa shape index (κ3) is 1.69. The van der Waals surface area contributed by atoms with Crippen molar-refractivity contribution in [3.8, 4) is 6.07 Å². The Balaban J connectivity index is 2.58. The lowest BCUT2D eigenvalue weighted by Gasteiger charge is -2.18. The molecule has 0 spiro atoms. The van der Waals surface area contributed by atoms with E-state index in [4.69, 9.17) is 11.6 Å². The first kappa shape index (κ1) is 11.9. The number of hydrogen-bond acceptors (Lipinski definition) is 2. The molecular formula is C13H13ClN2O. The highest BCUT2D eigenvalue weighted by atomic mass is 35.5. The van der Waals surface area contributed by atoms with Gasteiger partial charge in [0.1, 0.15) is 6.04 Å². The van der Waals surface area contributed by atoms with Crippen LogP contribution in [0.2, 0.25) is 5.02 Å². The molecule has 0 aliphatic carbocycles. The average molecular weight is 249 g/mol. The SMILES string of the molecule is CCCN1C(=O)c2c(ccc(Cl)c2C)C1C#N. The molecule has 17 heavy (non-hydrogen) atoms. The fourth-order valence-corrected chi connectivity index (χ4v) is 2.42. The summed E-state index contributed by atoms with van der Waals surface area (Å²) in [6.45, 7) is 4.41. The van der Waals surface area contributed by atoms with Gasteiger partial charge in [0.05, 0.1) is 11.6 Å². The smallest absolute Gasteiger partial charge is 0.255 e. The fourth-order valence-electron chi connectivity index (χ4n) is 2.26. The molecule has 1 aliphatic rings. The van der Waals surface area contributed by atoms with Gasteiger partial charge in [-0.05, 0) is 25.0 Å². The van der Waals surface area contributed by atoms with Gasteiger partial charge in [-0.25, -0.2) is 0 Å². The van der Waals surface area contributed by atoms with Crippen LogP contribution in [0.4, 0.5) is 0 Å². The van der Waals surface area contributed by atoms with E-state index in [2.05, 4.69) is 6.07 Å². The molecule has 1 aliphatic heterocycles. The van der Waals surface area contributed by atoms with Crippen LogP contribution in [0.15, 0.2) is 12.1 Å². The number of carbonyl (C=O) groups is 1. The van der Waals surface area contributed by atoms with Crippen LogP contribution in [0.1, 0.15) is 40.9 Å². The molecule has 4 heteroatoms. The van der Waals surface area contributed by atoms with E-state index in [0.717, 1.165) is 17.5 Å². The molecule has 0 radical (unpaired) electrons. The number of nitrogens with zero attached hydrogens (tertiary/aromatic N) is 2. The second kappa shape index (κ2) is 4.38. The minimum atomic E-state index is -0.464. The summed E-state index contributed by atoms with van der Waals surface area (Å²) in [5, 5.41) is 9.79. The van der Waals surface area contributed by atoms with Crippen LogP contribution < -0.4 is 0 Å². The van der Waals surface area contributed by atoms with E-state index in [1.807, 2.05) is 13.8 Å². The Morgan fingerprint density at radius 2 is 2.24 bits per heavy atom. The van der Waals surface area contributed by atoms with Gasteiger partial charge in [0.15, 0.2) is 0 Å². The molecular weight excluding hydrogens is 236 g/mol. The van der Waals surface area contributed by atoms with Crippen LogP contribution in [-0.4, -0.2) is 17.4 Å². The molecule has 1 amide bonds. The standard InChI is InChI=1S/C13H13ClN2O/c1-3-6-16-11(7-15)9-4-5-10(14)8(2)12(9)13(16)17/h4-5,11H,3,6H2,1-2H3. The minimum Gasteiger partial charge on any atom is -0.319 e. The van der Waals surface area contributed by atoms with E-state index < -0.39 is 6.04 Å². The summed E-state index contributed by atoms with van der Waals surface area (Å²) in [4.78, 5) is 13.9. The Hall–Kier alpha value is -1.53. The van der Waals surface area contributed by atoms with Crippen molar-refractivity contribution in [2.75, 3.05) is 6.54 Å². The Kier molecular flexibility index (Phi) is 3.08. The minimum absolute atomic E-state index is 0.0756. The normalized spacial score (nSPS) is 18.1. The van der Waals surface area contributed by atoms with Gasteiger partial charge in [-0.1, -0.05) is 24.6 Å². The monoisotopic (exact) mass is 248 g/mol. The Morgan fingerprint density at radius 1 is 1.53 bits per heavy atom. The summed E-state index contributed by atoms with van der Waals surface area (Å²) in [6, 6.07) is 5.27. The Labute approximate surface area is 106 Å². The first-order chi connectivity index (χ1) is 8.11. The number of amides is 1. The average Bonchev–Trinajstić information content (AvgIpc) is 2.58. The van der Waals surface area contributed by atoms with Crippen molar-refractivity contribution in [2.24, 2.45) is 0 Å². The zero-order chi connectivity index (χ0) is 12.6. The van der Waals surface area contributed by atoms with E-state index in [1.165, 1.54) is 0 Å². The number of rotatable bonds is 2. The molecule has 1 aromatic rings. The number of hydrogen-bond donors (Lipinski definition) is 0. The van der Waals surface area contributed by atoms with E-state index >= 15 is 0 Å². The van der Waals surface area contributed by atoms with E-state index in [9.17, 15) is 10.1 Å². The maximum absolute atomic E-state index is 12.2. The number of carbonyl (C=O) groups excluding carboxylic acids is 1. The van der Waals surface area contributed by atoms with Crippen LogP contribution in [0.3, 0.4) is 0 Å². The molecule has 0 bridgehead atoms. The molecule has 2 rings (SSSR count). The van der Waals surface area contributed by atoms with Gasteiger partial charge in [0, 0.05) is 17.1 Å². The highest BCUT2D eigenvalue weighted by Crippen LogP contribution is 2.37. The molecule has 1 unspecified atom stereocenters. The van der Waals surface area contributed by atoms with Crippen molar-refractivity contribution in [1.29, 1.82) is 5.26 Å². The van der Waals surface area contributed by atoms with E-state index in [0.29, 0.717) is 17.1 Å². The molecule has 1 heterocycles. The molecule has 0 saturated carbocycles. The number of halogens is 1. The molecule has 0 fully saturated rings. The van der Waals surface area contributed by atoms with Crippen molar-refractivity contribution >= 4 is 17.5 Å². The maximum Gasteiger partial charge on any atom is 0.255 e. The summed E-state index contributed by atoms with van der Waals surface area (Å²) in [5.41, 5.74) is 2.17. The first-order valence-electron chi connectivity index (χ1n) is 5.61. The van der Waals surface area contributed by atoms with Crippen LogP contribution in [0.25, 0.3) is 0 Å². The van der Waals surface area contributed by atoms with Crippen molar-refractivity contribution in [3.05, 3.63) is 33.8 Å². The zero-order valence-corrected chi connectivity index (χ0v) is 10.6. The second-order valence-electron chi connectivity index (χ2n) is 4.17. The molecule has 0 N–H and O–H groups in total. The van der Waals surface area contributed by atoms with Crippen molar-refractivity contribution in [3.63, 3.8) is 0 Å². The second-order valence-corrected chi connectivity index (χ2v) is 4.57. The summed E-state index contributed by atoms with van der Waals surface area (Å²) < 4.78 is 0. The zero-order valence-electron chi connectivity index (χ0n) is 9.83. The van der Waals surface area contributed by atoms with Gasteiger partial charge >= 0.3 is 0 Å². The van der Waals surface area contributed by atoms with Gasteiger partial charge in [-0.2, -0.15) is 5.26 Å². The maximum atomic E-state index is 12.2. The van der Waals surface area contributed by atoms with Crippen molar-refractivity contribution in [2.45, 2.75) is 26.3 Å². The van der Waals surface area contributed by atoms with Gasteiger partial charge in [-0.15, -0.1) is 0 Å². The molecule has 88 valence electrons. The van der Waals surface area contributed by atoms with Crippen molar-refractivity contribution in [1.82, 2.24) is 4.90 Å². The molecule has 3 nitrogen and oxygen atoms in total. The summed E-state index contributed by atoms with van der Waals surface area (Å²) in [5.74, 6) is -0.0756. The number of fused-ring (bicyclic) bond motifs is 1. The Morgan fingerprint density at radius 3 is 2.82 bits per heavy atom. The first-order valence-corrected chi connectivity index (χ1v) is 5.99. The quantitative estimate of drug-likeness (QED) is 0.807. The third-order valence-electron chi connectivity index (χ3n) is 3.10. The van der Waals surface area contributed by atoms with E-state index in [-0.39, 0.29) is 5.91 Å². The topological polar surface area (TPSA) is 44.1 Å². The lowest BCUT2D eigenvalue weighted by molar-refractivity contribution is 0.0757. The summed E-state index contributed by atoms with van der Waals surface area (Å²) in [7, 11) is 0. The molecule has 1 atom stereocenters. The van der Waals surface area contributed by atoms with Gasteiger partial charge < -0.3 is 4.90 Å². The van der Waals surface area contributed by atoms with Gasteiger partial charge in [0.2, 0.25) is 0 Å². The van der Waals surface area contributed by atoms with Crippen LogP contribution in [0.5, 0.6) is 0 Å². The van der Waals surface area contributed by atoms with Crippen LogP contribution in [-0.2, 0) is 0 Å². The lowest BCUT2D eigenvalue weighted by atomic mass is 10.0. The van der Waals surface area contributed by atoms with Gasteiger partial charge in [-0.3, -0.25) is 4.79 Å². The lowest BCUT2D eigenvalue weighted by Crippen LogP contribution is -2.28.